The minimum absolute atomic E-state index is 0.147. The highest BCUT2D eigenvalue weighted by atomic mass is 79.9. The lowest BCUT2D eigenvalue weighted by molar-refractivity contribution is -0.123. The van der Waals surface area contributed by atoms with Crippen LogP contribution in [0.2, 0.25) is 0 Å². The number of carbonyl (C=O) groups excluding carboxylic acids is 1. The Morgan fingerprint density at radius 1 is 1.31 bits per heavy atom. The first-order valence-corrected chi connectivity index (χ1v) is 9.60. The topological polar surface area (TPSA) is 70.9 Å². The van der Waals surface area contributed by atoms with Crippen molar-refractivity contribution in [3.05, 3.63) is 56.0 Å². The monoisotopic (exact) mass is 482 g/mol. The van der Waals surface area contributed by atoms with Crippen molar-refractivity contribution in [3.63, 3.8) is 0 Å². The maximum atomic E-state index is 12.0. The standard InChI is InChI=1S/C19H20Br2N2O3/c1-11(2)15-8-16(20)12(3)18(21)19(15)26-10-17(25)23-22-9-13-4-6-14(24)7-5-13/h4-9,11,24H,10H2,1-3H3,(H,23,25)/b22-9+. The highest BCUT2D eigenvalue weighted by molar-refractivity contribution is 9.11. The summed E-state index contributed by atoms with van der Waals surface area (Å²) in [4.78, 5) is 12.0. The molecule has 5 nitrogen and oxygen atoms in total. The fourth-order valence-electron chi connectivity index (χ4n) is 2.20. The Morgan fingerprint density at radius 3 is 2.58 bits per heavy atom. The summed E-state index contributed by atoms with van der Waals surface area (Å²) >= 11 is 7.09. The van der Waals surface area contributed by atoms with Crippen LogP contribution in [0.25, 0.3) is 0 Å². The van der Waals surface area contributed by atoms with E-state index in [2.05, 4.69) is 56.2 Å². The zero-order chi connectivity index (χ0) is 19.3. The lowest BCUT2D eigenvalue weighted by Crippen LogP contribution is -2.25. The number of benzene rings is 2. The summed E-state index contributed by atoms with van der Waals surface area (Å²) in [5.41, 5.74) is 5.21. The highest BCUT2D eigenvalue weighted by Gasteiger charge is 2.17. The van der Waals surface area contributed by atoms with Gasteiger partial charge < -0.3 is 9.84 Å². The zero-order valence-corrected chi connectivity index (χ0v) is 17.9. The van der Waals surface area contributed by atoms with Gasteiger partial charge in [0.1, 0.15) is 11.5 Å². The Morgan fingerprint density at radius 2 is 1.96 bits per heavy atom. The lowest BCUT2D eigenvalue weighted by Gasteiger charge is -2.18. The molecule has 7 heteroatoms. The zero-order valence-electron chi connectivity index (χ0n) is 14.7. The van der Waals surface area contributed by atoms with E-state index >= 15 is 0 Å². The van der Waals surface area contributed by atoms with Crippen molar-refractivity contribution in [3.8, 4) is 11.5 Å². The van der Waals surface area contributed by atoms with E-state index in [4.69, 9.17) is 4.74 Å². The average Bonchev–Trinajstić information content (AvgIpc) is 2.60. The third-order valence-electron chi connectivity index (χ3n) is 3.70. The minimum atomic E-state index is -0.359. The molecule has 0 aliphatic heterocycles. The van der Waals surface area contributed by atoms with Gasteiger partial charge >= 0.3 is 0 Å². The van der Waals surface area contributed by atoms with Gasteiger partial charge in [-0.2, -0.15) is 5.10 Å². The summed E-state index contributed by atoms with van der Waals surface area (Å²) < 4.78 is 7.58. The smallest absolute Gasteiger partial charge is 0.277 e. The number of ether oxygens (including phenoxy) is 1. The Bertz CT molecular complexity index is 819. The van der Waals surface area contributed by atoms with E-state index in [1.165, 1.54) is 6.21 Å². The summed E-state index contributed by atoms with van der Waals surface area (Å²) in [6, 6.07) is 8.50. The molecule has 138 valence electrons. The predicted molar refractivity (Wildman–Crippen MR) is 110 cm³/mol. The van der Waals surface area contributed by atoms with Gasteiger partial charge in [0.2, 0.25) is 0 Å². The number of hydrogen-bond acceptors (Lipinski definition) is 4. The maximum Gasteiger partial charge on any atom is 0.277 e. The van der Waals surface area contributed by atoms with Crippen LogP contribution in [-0.4, -0.2) is 23.8 Å². The molecular formula is C19H20Br2N2O3. The van der Waals surface area contributed by atoms with E-state index in [0.29, 0.717) is 5.75 Å². The largest absolute Gasteiger partial charge is 0.508 e. The fraction of sp³-hybridized carbons (Fsp3) is 0.263. The second-order valence-electron chi connectivity index (χ2n) is 6.04. The van der Waals surface area contributed by atoms with Crippen LogP contribution in [0.3, 0.4) is 0 Å². The number of phenols is 1. The maximum absolute atomic E-state index is 12.0. The van der Waals surface area contributed by atoms with Crippen LogP contribution in [-0.2, 0) is 4.79 Å². The van der Waals surface area contributed by atoms with E-state index in [0.717, 1.165) is 25.6 Å². The van der Waals surface area contributed by atoms with E-state index in [1.807, 2.05) is 13.0 Å². The molecular weight excluding hydrogens is 464 g/mol. The molecule has 0 fully saturated rings. The van der Waals surface area contributed by atoms with Crippen LogP contribution in [0.15, 0.2) is 44.4 Å². The van der Waals surface area contributed by atoms with Gasteiger partial charge in [0, 0.05) is 4.47 Å². The van der Waals surface area contributed by atoms with Crippen LogP contribution >= 0.6 is 31.9 Å². The van der Waals surface area contributed by atoms with Gasteiger partial charge in [-0.3, -0.25) is 4.79 Å². The molecule has 2 aromatic carbocycles. The van der Waals surface area contributed by atoms with Crippen LogP contribution < -0.4 is 10.2 Å². The van der Waals surface area contributed by atoms with Crippen molar-refractivity contribution < 1.29 is 14.6 Å². The predicted octanol–water partition coefficient (Wildman–Crippen LogP) is 4.88. The van der Waals surface area contributed by atoms with Crippen LogP contribution in [0.4, 0.5) is 0 Å². The van der Waals surface area contributed by atoms with Crippen molar-refractivity contribution in [2.75, 3.05) is 6.61 Å². The van der Waals surface area contributed by atoms with E-state index in [9.17, 15) is 9.90 Å². The first-order valence-electron chi connectivity index (χ1n) is 8.01. The van der Waals surface area contributed by atoms with E-state index < -0.39 is 0 Å². The molecule has 0 saturated carbocycles. The molecule has 0 atom stereocenters. The van der Waals surface area contributed by atoms with Gasteiger partial charge in [-0.05, 0) is 75.8 Å². The number of carbonyl (C=O) groups is 1. The summed E-state index contributed by atoms with van der Waals surface area (Å²) in [6.45, 7) is 5.95. The molecule has 0 aliphatic rings. The van der Waals surface area contributed by atoms with Crippen molar-refractivity contribution in [1.29, 1.82) is 0 Å². The summed E-state index contributed by atoms with van der Waals surface area (Å²) in [5.74, 6) is 0.727. The summed E-state index contributed by atoms with van der Waals surface area (Å²) in [5, 5.41) is 13.1. The van der Waals surface area contributed by atoms with Crippen molar-refractivity contribution in [2.24, 2.45) is 5.10 Å². The second-order valence-corrected chi connectivity index (χ2v) is 7.69. The van der Waals surface area contributed by atoms with Gasteiger partial charge in [0.25, 0.3) is 5.91 Å². The molecule has 0 unspecified atom stereocenters. The minimum Gasteiger partial charge on any atom is -0.508 e. The van der Waals surface area contributed by atoms with Gasteiger partial charge in [-0.15, -0.1) is 0 Å². The number of halogens is 2. The van der Waals surface area contributed by atoms with E-state index in [-0.39, 0.29) is 24.2 Å². The molecule has 0 spiro atoms. The van der Waals surface area contributed by atoms with E-state index in [1.54, 1.807) is 24.3 Å². The molecule has 0 heterocycles. The normalized spacial score (nSPS) is 11.2. The third kappa shape index (κ3) is 5.32. The van der Waals surface area contributed by atoms with Gasteiger partial charge in [0.05, 0.1) is 10.7 Å². The molecule has 1 amide bonds. The first-order chi connectivity index (χ1) is 12.3. The van der Waals surface area contributed by atoms with Crippen LogP contribution in [0.5, 0.6) is 11.5 Å². The second kappa shape index (κ2) is 9.19. The number of hydrazone groups is 1. The van der Waals surface area contributed by atoms with Gasteiger partial charge in [-0.25, -0.2) is 5.43 Å². The number of aromatic hydroxyl groups is 1. The number of nitrogens with one attached hydrogen (secondary N) is 1. The molecule has 0 aromatic heterocycles. The van der Waals surface area contributed by atoms with Gasteiger partial charge in [-0.1, -0.05) is 29.8 Å². The Kier molecular flexibility index (Phi) is 7.23. The molecule has 0 saturated heterocycles. The quantitative estimate of drug-likeness (QED) is 0.454. The molecule has 2 N–H and O–H groups in total. The number of rotatable bonds is 6. The Balaban J connectivity index is 2.01. The number of phenolic OH excluding ortho intramolecular Hbond substituents is 1. The Labute approximate surface area is 169 Å². The third-order valence-corrected chi connectivity index (χ3v) is 5.48. The fourth-order valence-corrected chi connectivity index (χ4v) is 3.46. The molecule has 0 radical (unpaired) electrons. The molecule has 26 heavy (non-hydrogen) atoms. The SMILES string of the molecule is Cc1c(Br)cc(C(C)C)c(OCC(=O)N/N=C/c2ccc(O)cc2)c1Br. The lowest BCUT2D eigenvalue weighted by atomic mass is 10.0. The van der Waals surface area contributed by atoms with Crippen LogP contribution in [0, 0.1) is 6.92 Å². The van der Waals surface area contributed by atoms with Crippen LogP contribution in [0.1, 0.15) is 36.5 Å². The molecule has 0 bridgehead atoms. The first kappa shape index (κ1) is 20.5. The highest BCUT2D eigenvalue weighted by Crippen LogP contribution is 2.40. The van der Waals surface area contributed by atoms with Crippen molar-refractivity contribution in [1.82, 2.24) is 5.43 Å². The summed E-state index contributed by atoms with van der Waals surface area (Å²) in [6.07, 6.45) is 1.50. The van der Waals surface area contributed by atoms with Crippen molar-refractivity contribution in [2.45, 2.75) is 26.7 Å². The number of nitrogens with zero attached hydrogens (tertiary/aromatic N) is 1. The molecule has 2 rings (SSSR count). The Hall–Kier alpha value is -1.86. The summed E-state index contributed by atoms with van der Waals surface area (Å²) in [7, 11) is 0. The number of amides is 1. The molecule has 0 aliphatic carbocycles. The number of hydrogen-bond donors (Lipinski definition) is 2. The van der Waals surface area contributed by atoms with Crippen molar-refractivity contribution >= 4 is 44.0 Å². The molecule has 2 aromatic rings. The van der Waals surface area contributed by atoms with Gasteiger partial charge in [0.15, 0.2) is 6.61 Å². The average molecular weight is 484 g/mol.